The molecule has 0 saturated carbocycles. The highest BCUT2D eigenvalue weighted by atomic mass is 16.3. The first-order chi connectivity index (χ1) is 4.38. The van der Waals surface area contributed by atoms with Crippen LogP contribution in [0.25, 0.3) is 0 Å². The Morgan fingerprint density at radius 1 is 1.78 bits per heavy atom. The lowest BCUT2D eigenvalue weighted by Gasteiger charge is -1.87. The number of H-pyrrole nitrogens is 1. The number of rotatable bonds is 2. The van der Waals surface area contributed by atoms with E-state index >= 15 is 0 Å². The SMILES string of the molecule is O=Cc1cc[nH]c1CO. The van der Waals surface area contributed by atoms with Crippen molar-refractivity contribution in [2.24, 2.45) is 0 Å². The number of hydrogen-bond acceptors (Lipinski definition) is 2. The van der Waals surface area contributed by atoms with E-state index in [1.165, 1.54) is 0 Å². The Hall–Kier alpha value is -1.09. The fourth-order valence-corrected chi connectivity index (χ4v) is 0.663. The molecule has 0 atom stereocenters. The fraction of sp³-hybridized carbons (Fsp3) is 0.167. The van der Waals surface area contributed by atoms with Crippen molar-refractivity contribution in [2.45, 2.75) is 6.61 Å². The molecule has 0 aliphatic rings. The van der Waals surface area contributed by atoms with Crippen molar-refractivity contribution < 1.29 is 9.90 Å². The maximum atomic E-state index is 10.1. The number of aromatic nitrogens is 1. The van der Waals surface area contributed by atoms with Crippen LogP contribution in [-0.4, -0.2) is 16.4 Å². The first kappa shape index (κ1) is 6.04. The molecule has 0 radical (unpaired) electrons. The van der Waals surface area contributed by atoms with Gasteiger partial charge in [-0.2, -0.15) is 0 Å². The van der Waals surface area contributed by atoms with E-state index in [9.17, 15) is 4.79 Å². The second-order valence-electron chi connectivity index (χ2n) is 1.69. The number of carbonyl (C=O) groups is 1. The lowest BCUT2D eigenvalue weighted by Crippen LogP contribution is -1.87. The first-order valence-corrected chi connectivity index (χ1v) is 2.60. The highest BCUT2D eigenvalue weighted by molar-refractivity contribution is 5.76. The predicted molar refractivity (Wildman–Crippen MR) is 32.1 cm³/mol. The number of aliphatic hydroxyl groups excluding tert-OH is 1. The van der Waals surface area contributed by atoms with Crippen LogP contribution >= 0.6 is 0 Å². The van der Waals surface area contributed by atoms with Gasteiger partial charge in [-0.15, -0.1) is 0 Å². The van der Waals surface area contributed by atoms with Gasteiger partial charge >= 0.3 is 0 Å². The van der Waals surface area contributed by atoms with Gasteiger partial charge < -0.3 is 10.1 Å². The molecule has 1 aromatic rings. The smallest absolute Gasteiger partial charge is 0.151 e. The molecular weight excluding hydrogens is 118 g/mol. The third-order valence-electron chi connectivity index (χ3n) is 1.15. The molecular formula is C6H7NO2. The number of aromatic amines is 1. The van der Waals surface area contributed by atoms with Crippen molar-refractivity contribution >= 4 is 6.29 Å². The van der Waals surface area contributed by atoms with Crippen LogP contribution in [-0.2, 0) is 6.61 Å². The Kier molecular flexibility index (Phi) is 1.65. The lowest BCUT2D eigenvalue weighted by atomic mass is 10.3. The van der Waals surface area contributed by atoms with Crippen LogP contribution in [0.3, 0.4) is 0 Å². The maximum absolute atomic E-state index is 10.1. The van der Waals surface area contributed by atoms with E-state index in [2.05, 4.69) is 4.98 Å². The molecule has 0 saturated heterocycles. The third kappa shape index (κ3) is 1.000. The van der Waals surface area contributed by atoms with Gasteiger partial charge in [0.1, 0.15) is 0 Å². The second kappa shape index (κ2) is 2.46. The molecule has 0 fully saturated rings. The molecule has 1 heterocycles. The fourth-order valence-electron chi connectivity index (χ4n) is 0.663. The molecule has 0 aliphatic carbocycles. The van der Waals surface area contributed by atoms with E-state index < -0.39 is 0 Å². The van der Waals surface area contributed by atoms with Crippen molar-refractivity contribution in [3.8, 4) is 0 Å². The van der Waals surface area contributed by atoms with E-state index in [0.29, 0.717) is 17.5 Å². The van der Waals surface area contributed by atoms with Crippen LogP contribution in [0.4, 0.5) is 0 Å². The summed E-state index contributed by atoms with van der Waals surface area (Å²) in [5, 5.41) is 8.55. The third-order valence-corrected chi connectivity index (χ3v) is 1.15. The molecule has 48 valence electrons. The first-order valence-electron chi connectivity index (χ1n) is 2.60. The number of hydrogen-bond donors (Lipinski definition) is 2. The summed E-state index contributed by atoms with van der Waals surface area (Å²) in [5.74, 6) is 0. The number of aldehydes is 1. The van der Waals surface area contributed by atoms with Gasteiger partial charge in [0.25, 0.3) is 0 Å². The van der Waals surface area contributed by atoms with Gasteiger partial charge in [-0.1, -0.05) is 0 Å². The quantitative estimate of drug-likeness (QED) is 0.559. The van der Waals surface area contributed by atoms with E-state index in [1.54, 1.807) is 12.3 Å². The molecule has 0 amide bonds. The largest absolute Gasteiger partial charge is 0.390 e. The minimum atomic E-state index is -0.110. The molecule has 0 spiro atoms. The Morgan fingerprint density at radius 2 is 2.56 bits per heavy atom. The minimum Gasteiger partial charge on any atom is -0.390 e. The van der Waals surface area contributed by atoms with Crippen molar-refractivity contribution in [3.63, 3.8) is 0 Å². The van der Waals surface area contributed by atoms with Gasteiger partial charge in [0.15, 0.2) is 6.29 Å². The summed E-state index contributed by atoms with van der Waals surface area (Å²) in [4.78, 5) is 12.8. The standard InChI is InChI=1S/C6H7NO2/c8-3-5-1-2-7-6(5)4-9/h1-3,7,9H,4H2. The van der Waals surface area contributed by atoms with Gasteiger partial charge in [-0.3, -0.25) is 4.79 Å². The van der Waals surface area contributed by atoms with Gasteiger partial charge in [0, 0.05) is 11.8 Å². The second-order valence-corrected chi connectivity index (χ2v) is 1.69. The zero-order chi connectivity index (χ0) is 6.69. The van der Waals surface area contributed by atoms with Crippen LogP contribution in [0.15, 0.2) is 12.3 Å². The van der Waals surface area contributed by atoms with Crippen LogP contribution in [0, 0.1) is 0 Å². The average molecular weight is 125 g/mol. The van der Waals surface area contributed by atoms with Gasteiger partial charge in [-0.05, 0) is 6.07 Å². The van der Waals surface area contributed by atoms with Crippen LogP contribution < -0.4 is 0 Å². The summed E-state index contributed by atoms with van der Waals surface area (Å²) in [5.41, 5.74) is 1.10. The normalized spacial score (nSPS) is 9.44. The Balaban J connectivity index is 2.98. The Bertz CT molecular complexity index is 205. The van der Waals surface area contributed by atoms with Crippen molar-refractivity contribution in [1.29, 1.82) is 0 Å². The number of carbonyl (C=O) groups excluding carboxylic acids is 1. The summed E-state index contributed by atoms with van der Waals surface area (Å²) in [6.07, 6.45) is 2.33. The molecule has 0 bridgehead atoms. The molecule has 3 heteroatoms. The van der Waals surface area contributed by atoms with Crippen molar-refractivity contribution in [1.82, 2.24) is 4.98 Å². The maximum Gasteiger partial charge on any atom is 0.151 e. The summed E-state index contributed by atoms with van der Waals surface area (Å²) < 4.78 is 0. The minimum absolute atomic E-state index is 0.110. The molecule has 0 aromatic carbocycles. The van der Waals surface area contributed by atoms with Gasteiger partial charge in [0.05, 0.1) is 12.3 Å². The Labute approximate surface area is 52.3 Å². The summed E-state index contributed by atoms with van der Waals surface area (Å²) in [6.45, 7) is -0.110. The van der Waals surface area contributed by atoms with E-state index in [0.717, 1.165) is 0 Å². The van der Waals surface area contributed by atoms with Crippen LogP contribution in [0.2, 0.25) is 0 Å². The zero-order valence-corrected chi connectivity index (χ0v) is 4.79. The van der Waals surface area contributed by atoms with Crippen molar-refractivity contribution in [3.05, 3.63) is 23.5 Å². The van der Waals surface area contributed by atoms with Gasteiger partial charge in [0.2, 0.25) is 0 Å². The molecule has 3 nitrogen and oxygen atoms in total. The molecule has 0 unspecified atom stereocenters. The number of nitrogens with one attached hydrogen (secondary N) is 1. The predicted octanol–water partition coefficient (Wildman–Crippen LogP) is 0.319. The molecule has 2 N–H and O–H groups in total. The molecule has 9 heavy (non-hydrogen) atoms. The zero-order valence-electron chi connectivity index (χ0n) is 4.79. The van der Waals surface area contributed by atoms with E-state index in [-0.39, 0.29) is 6.61 Å². The van der Waals surface area contributed by atoms with Crippen LogP contribution in [0.5, 0.6) is 0 Å². The lowest BCUT2D eigenvalue weighted by molar-refractivity contribution is 0.112. The van der Waals surface area contributed by atoms with E-state index in [1.807, 2.05) is 0 Å². The summed E-state index contributed by atoms with van der Waals surface area (Å²) >= 11 is 0. The summed E-state index contributed by atoms with van der Waals surface area (Å²) in [7, 11) is 0. The van der Waals surface area contributed by atoms with Crippen molar-refractivity contribution in [2.75, 3.05) is 0 Å². The van der Waals surface area contributed by atoms with Gasteiger partial charge in [-0.25, -0.2) is 0 Å². The number of aliphatic hydroxyl groups is 1. The summed E-state index contributed by atoms with van der Waals surface area (Å²) in [6, 6.07) is 1.62. The molecule has 1 aromatic heterocycles. The molecule has 1 rings (SSSR count). The van der Waals surface area contributed by atoms with Crippen LogP contribution in [0.1, 0.15) is 16.1 Å². The van der Waals surface area contributed by atoms with E-state index in [4.69, 9.17) is 5.11 Å². The topological polar surface area (TPSA) is 53.1 Å². The highest BCUT2D eigenvalue weighted by Gasteiger charge is 1.97. The highest BCUT2D eigenvalue weighted by Crippen LogP contribution is 2.01. The molecule has 0 aliphatic heterocycles. The average Bonchev–Trinajstić information content (AvgIpc) is 2.33. The Morgan fingerprint density at radius 3 is 3.00 bits per heavy atom. The monoisotopic (exact) mass is 125 g/mol.